The number of aliphatic imine (C=N–C) groups is 1. The first-order valence-electron chi connectivity index (χ1n) is 17.5. The number of aliphatic carboxylic acids is 2. The maximum atomic E-state index is 12.6. The molecule has 0 saturated heterocycles. The molecule has 1 aromatic carbocycles. The van der Waals surface area contributed by atoms with Crippen LogP contribution in [0.15, 0.2) is 23.2 Å². The minimum absolute atomic E-state index is 0.00522. The van der Waals surface area contributed by atoms with Crippen LogP contribution in [0, 0.1) is 24.7 Å². The van der Waals surface area contributed by atoms with E-state index < -0.39 is 24.0 Å². The minimum atomic E-state index is -1.29. The number of nitrogens with two attached hydrogens (primary N) is 2. The summed E-state index contributed by atoms with van der Waals surface area (Å²) in [6.45, 7) is 1.28. The van der Waals surface area contributed by atoms with Crippen LogP contribution in [0.25, 0.3) is 0 Å². The number of carbonyl (C=O) groups is 6. The molecule has 0 aliphatic heterocycles. The number of urea groups is 1. The van der Waals surface area contributed by atoms with Crippen LogP contribution in [0.3, 0.4) is 0 Å². The van der Waals surface area contributed by atoms with E-state index in [0.29, 0.717) is 51.7 Å². The molecule has 0 aliphatic carbocycles. The molecule has 0 heterocycles. The van der Waals surface area contributed by atoms with Gasteiger partial charge in [0.1, 0.15) is 6.04 Å². The van der Waals surface area contributed by atoms with Crippen LogP contribution < -0.4 is 30.7 Å². The van der Waals surface area contributed by atoms with Crippen molar-refractivity contribution in [1.82, 2.24) is 16.0 Å². The van der Waals surface area contributed by atoms with Gasteiger partial charge in [-0.2, -0.15) is 0 Å². The molecule has 1 aromatic rings. The van der Waals surface area contributed by atoms with Crippen LogP contribution in [0.4, 0.5) is 4.79 Å². The summed E-state index contributed by atoms with van der Waals surface area (Å²) in [5.41, 5.74) is 12.5. The summed E-state index contributed by atoms with van der Waals surface area (Å²) in [5.74, 6) is -1.95. The molecule has 0 fully saturated rings. The molecule has 0 bridgehead atoms. The first-order chi connectivity index (χ1) is 23.9. The molecule has 15 heteroatoms. The third kappa shape index (κ3) is 22.9. The summed E-state index contributed by atoms with van der Waals surface area (Å²) in [7, 11) is 0. The molecule has 1 atom stereocenters. The second-order valence-electron chi connectivity index (χ2n) is 12.3. The number of Topliss-reactive ketones (excluding diaryl/α,β-unsaturated/α-hetero) is 2. The van der Waals surface area contributed by atoms with E-state index in [9.17, 15) is 28.8 Å². The van der Waals surface area contributed by atoms with Gasteiger partial charge in [-0.05, 0) is 38.5 Å². The van der Waals surface area contributed by atoms with Gasteiger partial charge in [-0.1, -0.05) is 12.8 Å². The Morgan fingerprint density at radius 2 is 1.28 bits per heavy atom. The zero-order valence-electron chi connectivity index (χ0n) is 29.0. The van der Waals surface area contributed by atoms with E-state index in [1.54, 1.807) is 0 Å². The number of hydrogen-bond donors (Lipinski definition) is 7. The average Bonchev–Trinajstić information content (AvgIpc) is 3.06. The fourth-order valence-corrected chi connectivity index (χ4v) is 6.01. The summed E-state index contributed by atoms with van der Waals surface area (Å²) in [6, 6.07) is 3.74. The average molecular weight is 899 g/mol. The third-order valence-corrected chi connectivity index (χ3v) is 9.36. The fraction of sp³-hybridized carbons (Fsp3) is 0.629. The van der Waals surface area contributed by atoms with Crippen LogP contribution in [0.2, 0.25) is 0 Å². The van der Waals surface area contributed by atoms with E-state index in [4.69, 9.17) is 21.7 Å². The third-order valence-electron chi connectivity index (χ3n) is 7.99. The topological polar surface area (TPSA) is 243 Å². The number of guanidine groups is 1. The summed E-state index contributed by atoms with van der Waals surface area (Å²) in [4.78, 5) is 74.4. The van der Waals surface area contributed by atoms with Gasteiger partial charge in [0.25, 0.3) is 0 Å². The molecule has 1 rings (SSSR count). The van der Waals surface area contributed by atoms with Gasteiger partial charge >= 0.3 is 166 Å². The zero-order valence-corrected chi connectivity index (χ0v) is 31.9. The van der Waals surface area contributed by atoms with Crippen molar-refractivity contribution in [2.24, 2.45) is 16.5 Å². The van der Waals surface area contributed by atoms with E-state index in [1.807, 2.05) is 18.2 Å². The van der Waals surface area contributed by atoms with Crippen molar-refractivity contribution < 1.29 is 63.7 Å². The van der Waals surface area contributed by atoms with Crippen LogP contribution in [-0.2, 0) is 25.7 Å². The molecule has 280 valence electrons. The van der Waals surface area contributed by atoms with E-state index in [0.717, 1.165) is 85.0 Å². The number of carboxylic acids is 2. The Kier molecular flexibility index (Phi) is 24.1. The van der Waals surface area contributed by atoms with Gasteiger partial charge in [-0.3, -0.25) is 14.4 Å². The molecule has 50 heavy (non-hydrogen) atoms. The standard InChI is InChI=1S/C35H55AtN6O8/c36-28-23-25(17-18-26(28)24-41-34(37)38)30(44)15-9-3-1-2-7-13-27(43)14-8-4-5-10-16-31(45)39-21-11-6-12-22-40-35(50)42-29(33(48)49)19-20-32(46)47/h17-18,23,29H,1-16,19-22,24H2,(H,39,45)(H,46,47)(H,48,49)(H4,37,38,41)(H2,40,42,50)/t29-/m1/s1/i36+1. The molecule has 9 N–H and O–H groups in total. The van der Waals surface area contributed by atoms with Crippen molar-refractivity contribution in [3.63, 3.8) is 0 Å². The first kappa shape index (κ1) is 44.4. The Morgan fingerprint density at radius 1 is 0.720 bits per heavy atom. The van der Waals surface area contributed by atoms with Crippen LogP contribution in [0.1, 0.15) is 131 Å². The number of carboxylic acid groups (broad SMARTS) is 2. The Labute approximate surface area is 310 Å². The zero-order chi connectivity index (χ0) is 37.1. The van der Waals surface area contributed by atoms with E-state index in [2.05, 4.69) is 20.9 Å². The fourth-order valence-electron chi connectivity index (χ4n) is 5.07. The van der Waals surface area contributed by atoms with E-state index >= 15 is 0 Å². The molecule has 0 aromatic heterocycles. The number of carbonyl (C=O) groups excluding carboxylic acids is 4. The van der Waals surface area contributed by atoms with Gasteiger partial charge in [0.05, 0.1) is 0 Å². The second-order valence-corrected chi connectivity index (χ2v) is 13.9. The number of rotatable bonds is 29. The SMILES string of the molecule is NC(N)=NCc1ccc(C(=O)CCCCCCCC(=O)CCCCCCC(=O)NCCCCCNC(=O)N[C@H](CCC(=O)O)C(=O)O)cc1[211At]. The van der Waals surface area contributed by atoms with Crippen LogP contribution >= 0.6 is 0 Å². The number of nitrogens with zero attached hydrogens (tertiary/aromatic N) is 1. The van der Waals surface area contributed by atoms with Crippen LogP contribution in [-0.4, -0.2) is 70.7 Å². The predicted molar refractivity (Wildman–Crippen MR) is 187 cm³/mol. The molecule has 0 saturated carbocycles. The van der Waals surface area contributed by atoms with Gasteiger partial charge in [0, 0.05) is 32.4 Å². The van der Waals surface area contributed by atoms with Crippen LogP contribution in [0.5, 0.6) is 0 Å². The number of unbranched alkanes of at least 4 members (excludes halogenated alkanes) is 9. The number of benzene rings is 1. The van der Waals surface area contributed by atoms with Gasteiger partial charge in [-0.15, -0.1) is 0 Å². The van der Waals surface area contributed by atoms with Crippen molar-refractivity contribution in [3.05, 3.63) is 29.3 Å². The van der Waals surface area contributed by atoms with Crippen molar-refractivity contribution in [1.29, 1.82) is 0 Å². The second kappa shape index (κ2) is 27.2. The number of ketones is 2. The summed E-state index contributed by atoms with van der Waals surface area (Å²) in [5, 5.41) is 25.4. The maximum absolute atomic E-state index is 12.6. The number of nitrogens with one attached hydrogen (secondary N) is 3. The normalized spacial score (nSPS) is 11.3. The molecular weight excluding hydrogens is 843 g/mol. The molecule has 3 amide bonds. The van der Waals surface area contributed by atoms with Gasteiger partial charge in [0.2, 0.25) is 5.91 Å². The summed E-state index contributed by atoms with van der Waals surface area (Å²) < 4.78 is 1.04. The summed E-state index contributed by atoms with van der Waals surface area (Å²) in [6.07, 6.45) is 11.8. The van der Waals surface area contributed by atoms with Gasteiger partial charge < -0.3 is 26.2 Å². The number of amides is 3. The van der Waals surface area contributed by atoms with Crippen molar-refractivity contribution in [2.45, 2.75) is 128 Å². The molecule has 0 radical (unpaired) electrons. The number of hydrogen-bond acceptors (Lipinski definition) is 7. The molecular formula is C35H55AtN6O8. The summed E-state index contributed by atoms with van der Waals surface area (Å²) >= 11 is 1.49. The monoisotopic (exact) mass is 898 g/mol. The predicted octanol–water partition coefficient (Wildman–Crippen LogP) is 3.36. The molecule has 14 nitrogen and oxygen atoms in total. The van der Waals surface area contributed by atoms with Crippen molar-refractivity contribution >= 4 is 44.7 Å². The Bertz CT molecular complexity index is 1270. The Balaban J connectivity index is 1.97. The molecule has 0 aliphatic rings. The Hall–Kier alpha value is -3.61. The van der Waals surface area contributed by atoms with Crippen molar-refractivity contribution in [3.8, 4) is 0 Å². The first-order valence-corrected chi connectivity index (χ1v) is 19.0. The van der Waals surface area contributed by atoms with E-state index in [-0.39, 0.29) is 36.3 Å². The Morgan fingerprint density at radius 3 is 1.86 bits per heavy atom. The van der Waals surface area contributed by atoms with Gasteiger partial charge in [-0.25, -0.2) is 9.59 Å². The molecule has 0 unspecified atom stereocenters. The quantitative estimate of drug-likeness (QED) is 0.0268. The molecule has 0 spiro atoms. The van der Waals surface area contributed by atoms with E-state index in [1.165, 1.54) is 24.7 Å². The van der Waals surface area contributed by atoms with Crippen molar-refractivity contribution in [2.75, 3.05) is 13.1 Å². The van der Waals surface area contributed by atoms with Gasteiger partial charge in [0.15, 0.2) is 0 Å².